The highest BCUT2D eigenvalue weighted by Crippen LogP contribution is 2.42. The lowest BCUT2D eigenvalue weighted by molar-refractivity contribution is -0.146. The summed E-state index contributed by atoms with van der Waals surface area (Å²) in [6.45, 7) is 7.50. The van der Waals surface area contributed by atoms with Crippen LogP contribution < -0.4 is 10.1 Å². The number of nitrogens with one attached hydrogen (secondary N) is 1. The van der Waals surface area contributed by atoms with Gasteiger partial charge in [-0.3, -0.25) is 4.79 Å². The minimum Gasteiger partial charge on any atom is -0.507 e. The Balaban J connectivity index is 2.09. The van der Waals surface area contributed by atoms with E-state index in [-0.39, 0.29) is 36.2 Å². The average Bonchev–Trinajstić information content (AvgIpc) is 3.13. The van der Waals surface area contributed by atoms with Crippen molar-refractivity contribution in [2.24, 2.45) is 5.92 Å². The molecule has 0 radical (unpaired) electrons. The van der Waals surface area contributed by atoms with Gasteiger partial charge >= 0.3 is 11.9 Å². The summed E-state index contributed by atoms with van der Waals surface area (Å²) in [5.74, 6) is -0.939. The first-order valence-corrected chi connectivity index (χ1v) is 10.2. The summed E-state index contributed by atoms with van der Waals surface area (Å²) in [5, 5.41) is 13.4. The Morgan fingerprint density at radius 2 is 1.94 bits per heavy atom. The van der Waals surface area contributed by atoms with Gasteiger partial charge in [0, 0.05) is 17.5 Å². The maximum absolute atomic E-state index is 12.3. The summed E-state index contributed by atoms with van der Waals surface area (Å²) in [5.41, 5.74) is 3.04. The standard InChI is InChI=1S/C23H31NO7/c1-12(2)19(23(28)30-6)24-17(25)10-8-13(3)7-9-15-20(26)18-16(11-31-22(18)27)14(4)21(15)29-5/h7,12,19,26H,8-11H2,1-6H3,(H,24,25). The first kappa shape index (κ1) is 24.2. The molecule has 1 aliphatic rings. The van der Waals surface area contributed by atoms with Crippen molar-refractivity contribution in [2.75, 3.05) is 14.2 Å². The van der Waals surface area contributed by atoms with Gasteiger partial charge in [0.05, 0.1) is 14.2 Å². The van der Waals surface area contributed by atoms with Crippen LogP contribution in [0.25, 0.3) is 0 Å². The molecule has 1 heterocycles. The van der Waals surface area contributed by atoms with Crippen molar-refractivity contribution in [2.45, 2.75) is 59.6 Å². The Kier molecular flexibility index (Phi) is 8.08. The van der Waals surface area contributed by atoms with E-state index >= 15 is 0 Å². The van der Waals surface area contributed by atoms with Crippen LogP contribution in [0.3, 0.4) is 0 Å². The molecule has 31 heavy (non-hydrogen) atoms. The lowest BCUT2D eigenvalue weighted by Gasteiger charge is -2.19. The molecule has 8 heteroatoms. The second kappa shape index (κ2) is 10.3. The second-order valence-corrected chi connectivity index (χ2v) is 7.98. The summed E-state index contributed by atoms with van der Waals surface area (Å²) in [6.07, 6.45) is 2.91. The molecule has 1 aromatic rings. The third kappa shape index (κ3) is 5.37. The molecule has 0 spiro atoms. The van der Waals surface area contributed by atoms with E-state index in [1.807, 2.05) is 33.8 Å². The van der Waals surface area contributed by atoms with Crippen LogP contribution in [0, 0.1) is 12.8 Å². The molecule has 2 rings (SSSR count). The third-order valence-electron chi connectivity index (χ3n) is 5.49. The molecule has 0 aromatic heterocycles. The van der Waals surface area contributed by atoms with Gasteiger partial charge in [0.15, 0.2) is 0 Å². The zero-order valence-electron chi connectivity index (χ0n) is 19.0. The number of methoxy groups -OCH3 is 2. The number of carbonyl (C=O) groups is 3. The first-order chi connectivity index (χ1) is 14.6. The Morgan fingerprint density at radius 1 is 1.26 bits per heavy atom. The summed E-state index contributed by atoms with van der Waals surface area (Å²) >= 11 is 0. The number of phenols is 1. The fourth-order valence-electron chi connectivity index (χ4n) is 3.59. The highest BCUT2D eigenvalue weighted by molar-refractivity contribution is 5.98. The Morgan fingerprint density at radius 3 is 2.52 bits per heavy atom. The van der Waals surface area contributed by atoms with Gasteiger partial charge in [0.25, 0.3) is 0 Å². The van der Waals surface area contributed by atoms with Crippen molar-refractivity contribution in [3.05, 3.63) is 33.9 Å². The lowest BCUT2D eigenvalue weighted by Crippen LogP contribution is -2.44. The Bertz CT molecular complexity index is 902. The number of benzene rings is 1. The number of esters is 2. The van der Waals surface area contributed by atoms with Gasteiger partial charge in [-0.25, -0.2) is 9.59 Å². The number of aromatic hydroxyl groups is 1. The predicted octanol–water partition coefficient (Wildman–Crippen LogP) is 2.96. The van der Waals surface area contributed by atoms with E-state index in [0.29, 0.717) is 29.7 Å². The van der Waals surface area contributed by atoms with Crippen LogP contribution in [0.5, 0.6) is 11.5 Å². The van der Waals surface area contributed by atoms with Crippen LogP contribution in [-0.2, 0) is 32.1 Å². The second-order valence-electron chi connectivity index (χ2n) is 7.98. The number of rotatable bonds is 9. The van der Waals surface area contributed by atoms with Gasteiger partial charge in [0.2, 0.25) is 5.91 Å². The Hall–Kier alpha value is -3.03. The monoisotopic (exact) mass is 433 g/mol. The molecule has 0 bridgehead atoms. The van der Waals surface area contributed by atoms with E-state index in [9.17, 15) is 19.5 Å². The van der Waals surface area contributed by atoms with Crippen molar-refractivity contribution in [3.8, 4) is 11.5 Å². The molecular weight excluding hydrogens is 402 g/mol. The van der Waals surface area contributed by atoms with Crippen LogP contribution in [0.1, 0.15) is 60.7 Å². The summed E-state index contributed by atoms with van der Waals surface area (Å²) in [7, 11) is 2.81. The Labute approximate surface area is 182 Å². The molecule has 0 saturated carbocycles. The number of ether oxygens (including phenoxy) is 3. The van der Waals surface area contributed by atoms with Gasteiger partial charge in [-0.05, 0) is 38.2 Å². The molecular formula is C23H31NO7. The van der Waals surface area contributed by atoms with E-state index in [0.717, 1.165) is 11.1 Å². The summed E-state index contributed by atoms with van der Waals surface area (Å²) in [6, 6.07) is -0.683. The molecule has 0 fully saturated rings. The molecule has 1 aliphatic heterocycles. The van der Waals surface area contributed by atoms with Crippen molar-refractivity contribution < 1.29 is 33.7 Å². The van der Waals surface area contributed by atoms with Crippen molar-refractivity contribution in [1.82, 2.24) is 5.32 Å². The molecule has 0 saturated heterocycles. The van der Waals surface area contributed by atoms with Crippen LogP contribution in [0.15, 0.2) is 11.6 Å². The predicted molar refractivity (Wildman–Crippen MR) is 114 cm³/mol. The highest BCUT2D eigenvalue weighted by atomic mass is 16.5. The SMILES string of the molecule is COC(=O)C(NC(=O)CCC(C)=CCc1c(O)c2c(c(C)c1OC)COC2=O)C(C)C. The molecule has 8 nitrogen and oxygen atoms in total. The number of carbonyl (C=O) groups excluding carboxylic acids is 3. The third-order valence-corrected chi connectivity index (χ3v) is 5.49. The van der Waals surface area contributed by atoms with E-state index < -0.39 is 18.0 Å². The molecule has 1 unspecified atom stereocenters. The van der Waals surface area contributed by atoms with E-state index in [1.165, 1.54) is 14.2 Å². The number of hydrogen-bond acceptors (Lipinski definition) is 7. The van der Waals surface area contributed by atoms with E-state index in [4.69, 9.17) is 14.2 Å². The largest absolute Gasteiger partial charge is 0.507 e. The summed E-state index contributed by atoms with van der Waals surface area (Å²) < 4.78 is 15.3. The van der Waals surface area contributed by atoms with Gasteiger partial charge in [-0.2, -0.15) is 0 Å². The smallest absolute Gasteiger partial charge is 0.342 e. The quantitative estimate of drug-likeness (QED) is 0.455. The van der Waals surface area contributed by atoms with Gasteiger partial charge in [-0.1, -0.05) is 25.5 Å². The van der Waals surface area contributed by atoms with Crippen LogP contribution in [-0.4, -0.2) is 43.2 Å². The van der Waals surface area contributed by atoms with E-state index in [2.05, 4.69) is 5.32 Å². The van der Waals surface area contributed by atoms with Crippen molar-refractivity contribution in [3.63, 3.8) is 0 Å². The van der Waals surface area contributed by atoms with Gasteiger partial charge in [-0.15, -0.1) is 0 Å². The van der Waals surface area contributed by atoms with Crippen LogP contribution in [0.4, 0.5) is 0 Å². The zero-order chi connectivity index (χ0) is 23.3. The number of amides is 1. The minimum atomic E-state index is -0.683. The fraction of sp³-hybridized carbons (Fsp3) is 0.522. The number of cyclic esters (lactones) is 1. The van der Waals surface area contributed by atoms with Crippen LogP contribution >= 0.6 is 0 Å². The fourth-order valence-corrected chi connectivity index (χ4v) is 3.59. The summed E-state index contributed by atoms with van der Waals surface area (Å²) in [4.78, 5) is 36.1. The molecule has 1 aromatic carbocycles. The highest BCUT2D eigenvalue weighted by Gasteiger charge is 2.32. The van der Waals surface area contributed by atoms with Crippen molar-refractivity contribution >= 4 is 17.8 Å². The minimum absolute atomic E-state index is 0.0850. The number of hydrogen-bond donors (Lipinski definition) is 2. The topological polar surface area (TPSA) is 111 Å². The van der Waals surface area contributed by atoms with E-state index in [1.54, 1.807) is 0 Å². The molecule has 170 valence electrons. The average molecular weight is 434 g/mol. The van der Waals surface area contributed by atoms with Gasteiger partial charge < -0.3 is 24.6 Å². The van der Waals surface area contributed by atoms with Crippen LogP contribution in [0.2, 0.25) is 0 Å². The van der Waals surface area contributed by atoms with Crippen molar-refractivity contribution in [1.29, 1.82) is 0 Å². The number of fused-ring (bicyclic) bond motifs is 1. The number of allylic oxidation sites excluding steroid dienone is 2. The zero-order valence-corrected chi connectivity index (χ0v) is 19.0. The maximum Gasteiger partial charge on any atom is 0.342 e. The normalized spacial score (nSPS) is 14.2. The molecule has 0 aliphatic carbocycles. The lowest BCUT2D eigenvalue weighted by atomic mass is 9.94. The molecule has 2 N–H and O–H groups in total. The molecule has 1 atom stereocenters. The number of phenolic OH excluding ortho intramolecular Hbond substituents is 1. The first-order valence-electron chi connectivity index (χ1n) is 10.2. The maximum atomic E-state index is 12.3. The molecule has 1 amide bonds. The van der Waals surface area contributed by atoms with Gasteiger partial charge in [0.1, 0.15) is 29.7 Å².